The zero-order valence-corrected chi connectivity index (χ0v) is 23.3. The maximum Gasteiger partial charge on any atom is 0.0428 e. The molecule has 1 heteroatoms. The maximum absolute atomic E-state index is 3.69. The van der Waals surface area contributed by atoms with Crippen LogP contribution in [-0.2, 0) is 0 Å². The van der Waals surface area contributed by atoms with E-state index in [9.17, 15) is 0 Å². The Bertz CT molecular complexity index is 1950. The van der Waals surface area contributed by atoms with Gasteiger partial charge in [-0.1, -0.05) is 58.0 Å². The van der Waals surface area contributed by atoms with Crippen molar-refractivity contribution in [1.29, 1.82) is 0 Å². The number of aryl methyl sites for hydroxylation is 2. The van der Waals surface area contributed by atoms with Crippen molar-refractivity contribution in [3.63, 3.8) is 0 Å². The number of hydrogen-bond donors (Lipinski definition) is 0. The molecule has 5 aliphatic carbocycles. The lowest BCUT2D eigenvalue weighted by atomic mass is 9.73. The lowest BCUT2D eigenvalue weighted by molar-refractivity contribution is 0.697. The van der Waals surface area contributed by atoms with Crippen molar-refractivity contribution >= 4 is 52.2 Å². The number of fused-ring (bicyclic) bond motifs is 8. The predicted octanol–water partition coefficient (Wildman–Crippen LogP) is 9.36. The summed E-state index contributed by atoms with van der Waals surface area (Å²) in [7, 11) is 0. The second kappa shape index (κ2) is 6.98. The van der Waals surface area contributed by atoms with Gasteiger partial charge in [-0.2, -0.15) is 0 Å². The summed E-state index contributed by atoms with van der Waals surface area (Å²) in [4.78, 5) is 0. The van der Waals surface area contributed by atoms with E-state index in [2.05, 4.69) is 95.3 Å². The molecule has 1 heterocycles. The Morgan fingerprint density at radius 2 is 1.73 bits per heavy atom. The summed E-state index contributed by atoms with van der Waals surface area (Å²) in [6.07, 6.45) is 12.8. The van der Waals surface area contributed by atoms with Crippen LogP contribution in [0.4, 0.5) is 0 Å². The van der Waals surface area contributed by atoms with Crippen LogP contribution in [0.3, 0.4) is 0 Å². The van der Waals surface area contributed by atoms with E-state index in [1.54, 1.807) is 0 Å². The van der Waals surface area contributed by atoms with Gasteiger partial charge >= 0.3 is 0 Å². The molecule has 176 valence electrons. The van der Waals surface area contributed by atoms with Crippen molar-refractivity contribution < 1.29 is 0 Å². The third kappa shape index (κ3) is 2.48. The molecule has 0 bridgehead atoms. The number of allylic oxidation sites excluding steroid dienone is 9. The monoisotopic (exact) mass is 584 g/mol. The quantitative estimate of drug-likeness (QED) is 0.143. The molecule has 3 aromatic carbocycles. The summed E-state index contributed by atoms with van der Waals surface area (Å²) < 4.78 is 5.04. The number of rotatable bonds is 0. The Labute approximate surface area is 227 Å². The molecule has 0 nitrogen and oxygen atoms in total. The first-order chi connectivity index (χ1) is 18.1. The Morgan fingerprint density at radius 1 is 0.919 bits per heavy atom. The largest absolute Gasteiger partial charge is 0.116 e. The molecule has 1 aliphatic heterocycles. The number of halogens is 1. The minimum Gasteiger partial charge on any atom is -0.116 e. The van der Waals surface area contributed by atoms with Crippen LogP contribution < -0.4 is 0 Å². The summed E-state index contributed by atoms with van der Waals surface area (Å²) >= 11 is -0.0426. The fraction of sp³-hybridized carbons (Fsp3) is 0.167. The van der Waals surface area contributed by atoms with Gasteiger partial charge in [-0.05, 0) is 153 Å². The molecule has 0 spiro atoms. The number of hydrogen-bond acceptors (Lipinski definition) is 0. The van der Waals surface area contributed by atoms with Gasteiger partial charge in [-0.15, -0.1) is 5.73 Å². The van der Waals surface area contributed by atoms with E-state index in [1.165, 1.54) is 94.3 Å². The number of benzene rings is 3. The van der Waals surface area contributed by atoms with Crippen molar-refractivity contribution in [3.8, 4) is 11.1 Å². The summed E-state index contributed by atoms with van der Waals surface area (Å²) in [5.74, 6) is 0.931. The molecule has 0 amide bonds. The Kier molecular flexibility index (Phi) is 3.92. The first kappa shape index (κ1) is 20.8. The van der Waals surface area contributed by atoms with E-state index in [-0.39, 0.29) is 20.7 Å². The molecular formula is C36H25I. The van der Waals surface area contributed by atoms with Gasteiger partial charge in [0.1, 0.15) is 0 Å². The van der Waals surface area contributed by atoms with Crippen LogP contribution in [0.15, 0.2) is 87.2 Å². The summed E-state index contributed by atoms with van der Waals surface area (Å²) in [5.41, 5.74) is 25.5. The van der Waals surface area contributed by atoms with Gasteiger partial charge in [-0.3, -0.25) is 0 Å². The first-order valence-electron chi connectivity index (χ1n) is 13.3. The average molecular weight is 585 g/mol. The molecule has 0 aromatic heterocycles. The van der Waals surface area contributed by atoms with Crippen LogP contribution in [0.1, 0.15) is 52.3 Å². The van der Waals surface area contributed by atoms with E-state index in [4.69, 9.17) is 0 Å². The van der Waals surface area contributed by atoms with E-state index in [0.29, 0.717) is 11.8 Å². The fourth-order valence-electron chi connectivity index (χ4n) is 7.73. The second-order valence-electron chi connectivity index (χ2n) is 11.3. The molecular weight excluding hydrogens is 559 g/mol. The second-order valence-corrected chi connectivity index (χ2v) is 13.3. The van der Waals surface area contributed by atoms with Crippen molar-refractivity contribution in [1.82, 2.24) is 0 Å². The van der Waals surface area contributed by atoms with E-state index in [0.717, 1.165) is 6.42 Å². The SMILES string of the molecule is Cc1c2c(c(C)c3cc4c(cc13)C1=CC3=C(CC(C)C=C3)C3=C=CC=C4C31)-c1cccc3c1C2=CI=C3. The van der Waals surface area contributed by atoms with Gasteiger partial charge in [-0.25, -0.2) is 0 Å². The lowest BCUT2D eigenvalue weighted by Crippen LogP contribution is -2.15. The normalized spacial score (nSPS) is 22.9. The average Bonchev–Trinajstić information content (AvgIpc) is 3.42. The van der Waals surface area contributed by atoms with Crippen molar-refractivity contribution in [3.05, 3.63) is 126 Å². The van der Waals surface area contributed by atoms with Crippen molar-refractivity contribution in [2.24, 2.45) is 11.8 Å². The molecule has 3 aromatic rings. The van der Waals surface area contributed by atoms with Crippen LogP contribution in [0, 0.1) is 25.7 Å². The summed E-state index contributed by atoms with van der Waals surface area (Å²) in [6.45, 7) is 7.05. The first-order valence-corrected chi connectivity index (χ1v) is 15.8. The lowest BCUT2D eigenvalue weighted by Gasteiger charge is -2.30. The van der Waals surface area contributed by atoms with Crippen molar-refractivity contribution in [2.45, 2.75) is 27.2 Å². The zero-order chi connectivity index (χ0) is 24.6. The predicted molar refractivity (Wildman–Crippen MR) is 166 cm³/mol. The third-order valence-corrected chi connectivity index (χ3v) is 11.4. The molecule has 0 fully saturated rings. The van der Waals surface area contributed by atoms with Gasteiger partial charge in [0.15, 0.2) is 0 Å². The molecule has 2 atom stereocenters. The van der Waals surface area contributed by atoms with Crippen LogP contribution in [-0.4, -0.2) is 4.01 Å². The zero-order valence-electron chi connectivity index (χ0n) is 21.2. The smallest absolute Gasteiger partial charge is 0.0428 e. The molecule has 37 heavy (non-hydrogen) atoms. The highest BCUT2D eigenvalue weighted by molar-refractivity contribution is 14.2. The molecule has 0 radical (unpaired) electrons. The van der Waals surface area contributed by atoms with Gasteiger partial charge in [0.05, 0.1) is 0 Å². The standard InChI is InChI=1S/C36H25I/c1-18-10-11-21-13-31-30-15-27-20(3)34-32-17-37-16-22-6-4-9-25(35(22)32)33(34)19(2)26(27)14-29(30)24-8-5-7-23(36(24)31)28(21)12-18/h4-6,8-11,13-18,36H,12H2,1-3H3. The fourth-order valence-corrected chi connectivity index (χ4v) is 9.80. The third-order valence-electron chi connectivity index (χ3n) is 9.37. The molecule has 2 unspecified atom stereocenters. The summed E-state index contributed by atoms with van der Waals surface area (Å²) in [6, 6.07) is 12.0. The Balaban J connectivity index is 1.35. The summed E-state index contributed by atoms with van der Waals surface area (Å²) in [5, 5.41) is 2.83. The topological polar surface area (TPSA) is 0 Å². The Morgan fingerprint density at radius 3 is 2.59 bits per heavy atom. The molecule has 6 aliphatic rings. The van der Waals surface area contributed by atoms with Crippen LogP contribution >= 0.6 is 20.7 Å². The van der Waals surface area contributed by atoms with Crippen LogP contribution in [0.25, 0.3) is 38.6 Å². The highest BCUT2D eigenvalue weighted by atomic mass is 127. The Hall–Kier alpha value is -3.26. The minimum absolute atomic E-state index is 0.0426. The maximum atomic E-state index is 3.69. The van der Waals surface area contributed by atoms with Crippen LogP contribution in [0.5, 0.6) is 0 Å². The van der Waals surface area contributed by atoms with E-state index >= 15 is 0 Å². The minimum atomic E-state index is -0.0426. The van der Waals surface area contributed by atoms with Crippen molar-refractivity contribution in [2.75, 3.05) is 0 Å². The molecule has 0 saturated carbocycles. The van der Waals surface area contributed by atoms with E-state index < -0.39 is 0 Å². The van der Waals surface area contributed by atoms with Gasteiger partial charge in [0.2, 0.25) is 0 Å². The molecule has 9 rings (SSSR count). The van der Waals surface area contributed by atoms with E-state index in [1.807, 2.05) is 0 Å². The van der Waals surface area contributed by atoms with Gasteiger partial charge in [0, 0.05) is 11.5 Å². The van der Waals surface area contributed by atoms with Gasteiger partial charge < -0.3 is 0 Å². The highest BCUT2D eigenvalue weighted by Gasteiger charge is 2.40. The van der Waals surface area contributed by atoms with Gasteiger partial charge in [0.25, 0.3) is 0 Å². The van der Waals surface area contributed by atoms with Crippen LogP contribution in [0.2, 0.25) is 0 Å². The molecule has 0 saturated heterocycles. The highest BCUT2D eigenvalue weighted by Crippen LogP contribution is 2.58. The molecule has 0 N–H and O–H groups in total.